The van der Waals surface area contributed by atoms with Crippen molar-refractivity contribution in [3.05, 3.63) is 46.0 Å². The number of hydrogen-bond donors (Lipinski definition) is 1. The molecule has 0 atom stereocenters. The highest BCUT2D eigenvalue weighted by Crippen LogP contribution is 2.38. The summed E-state index contributed by atoms with van der Waals surface area (Å²) in [5.74, 6) is -0.0627. The second-order valence-corrected chi connectivity index (χ2v) is 8.74. The zero-order valence-corrected chi connectivity index (χ0v) is 15.1. The maximum atomic E-state index is 12.1. The van der Waals surface area contributed by atoms with Crippen LogP contribution in [0.2, 0.25) is 0 Å². The number of aromatic nitrogens is 2. The van der Waals surface area contributed by atoms with Gasteiger partial charge >= 0.3 is 0 Å². The average Bonchev–Trinajstić information content (AvgIpc) is 3.23. The van der Waals surface area contributed by atoms with E-state index in [1.54, 1.807) is 18.2 Å². The molecule has 128 valence electrons. The molecule has 1 aromatic heterocycles. The van der Waals surface area contributed by atoms with Crippen LogP contribution >= 0.6 is 15.9 Å². The quantitative estimate of drug-likeness (QED) is 0.743. The Morgan fingerprint density at radius 2 is 2.17 bits per heavy atom. The van der Waals surface area contributed by atoms with Crippen molar-refractivity contribution in [3.8, 4) is 0 Å². The first kappa shape index (κ1) is 17.1. The fourth-order valence-electron chi connectivity index (χ4n) is 2.20. The first-order valence-corrected chi connectivity index (χ1v) is 10.1. The lowest BCUT2D eigenvalue weighted by molar-refractivity contribution is -0.118. The molecule has 1 aliphatic rings. The van der Waals surface area contributed by atoms with E-state index in [4.69, 9.17) is 4.52 Å². The molecule has 9 heteroatoms. The van der Waals surface area contributed by atoms with Crippen molar-refractivity contribution < 1.29 is 17.7 Å². The minimum Gasteiger partial charge on any atom is -0.348 e. The fraction of sp³-hybridized carbons (Fsp3) is 0.400. The van der Waals surface area contributed by atoms with Gasteiger partial charge in [-0.25, -0.2) is 8.42 Å². The van der Waals surface area contributed by atoms with Gasteiger partial charge in [0.1, 0.15) is 5.75 Å². The molecule has 1 N–H and O–H groups in total. The van der Waals surface area contributed by atoms with Crippen molar-refractivity contribution in [3.63, 3.8) is 0 Å². The molecule has 2 aromatic rings. The van der Waals surface area contributed by atoms with E-state index in [2.05, 4.69) is 31.4 Å². The van der Waals surface area contributed by atoms with Gasteiger partial charge in [-0.3, -0.25) is 4.79 Å². The van der Waals surface area contributed by atoms with Crippen LogP contribution in [-0.4, -0.2) is 30.2 Å². The summed E-state index contributed by atoms with van der Waals surface area (Å²) in [5, 5.41) is 6.28. The third-order valence-electron chi connectivity index (χ3n) is 3.48. The van der Waals surface area contributed by atoms with E-state index in [0.717, 1.165) is 17.3 Å². The van der Waals surface area contributed by atoms with Crippen molar-refractivity contribution in [2.45, 2.75) is 31.1 Å². The normalized spacial score (nSPS) is 14.5. The number of rotatable bonds is 7. The summed E-state index contributed by atoms with van der Waals surface area (Å²) >= 11 is 3.29. The lowest BCUT2D eigenvalue weighted by Gasteiger charge is -2.05. The second kappa shape index (κ2) is 7.02. The number of nitrogens with zero attached hydrogens (tertiary/aromatic N) is 2. The minimum atomic E-state index is -3.55. The highest BCUT2D eigenvalue weighted by molar-refractivity contribution is 9.10. The van der Waals surface area contributed by atoms with Gasteiger partial charge in [0, 0.05) is 10.4 Å². The smallest absolute Gasteiger partial charge is 0.235 e. The molecule has 1 fully saturated rings. The van der Waals surface area contributed by atoms with Crippen molar-refractivity contribution in [1.82, 2.24) is 15.5 Å². The molecular formula is C15H16BrN3O4S. The van der Waals surface area contributed by atoms with E-state index in [9.17, 15) is 13.2 Å². The summed E-state index contributed by atoms with van der Waals surface area (Å²) < 4.78 is 30.1. The maximum absolute atomic E-state index is 12.1. The van der Waals surface area contributed by atoms with E-state index < -0.39 is 21.5 Å². The number of nitrogens with one attached hydrogen (secondary N) is 1. The first-order chi connectivity index (χ1) is 11.4. The monoisotopic (exact) mass is 413 g/mol. The van der Waals surface area contributed by atoms with Crippen molar-refractivity contribution >= 4 is 31.7 Å². The Kier molecular flexibility index (Phi) is 5.00. The average molecular weight is 414 g/mol. The summed E-state index contributed by atoms with van der Waals surface area (Å²) in [4.78, 5) is 16.0. The molecule has 0 bridgehead atoms. The molecule has 24 heavy (non-hydrogen) atoms. The molecule has 1 amide bonds. The third kappa shape index (κ3) is 4.88. The summed E-state index contributed by atoms with van der Waals surface area (Å²) in [6, 6.07) is 6.99. The predicted octanol–water partition coefficient (Wildman–Crippen LogP) is 1.94. The number of hydrogen-bond acceptors (Lipinski definition) is 6. The number of halogens is 1. The van der Waals surface area contributed by atoms with Gasteiger partial charge in [0.05, 0.1) is 12.3 Å². The van der Waals surface area contributed by atoms with Crippen LogP contribution in [0, 0.1) is 0 Å². The summed E-state index contributed by atoms with van der Waals surface area (Å²) in [7, 11) is -3.55. The van der Waals surface area contributed by atoms with Crippen LogP contribution in [0.25, 0.3) is 0 Å². The van der Waals surface area contributed by atoms with Crippen molar-refractivity contribution in [2.24, 2.45) is 0 Å². The van der Waals surface area contributed by atoms with E-state index >= 15 is 0 Å². The Morgan fingerprint density at radius 3 is 2.88 bits per heavy atom. The number of carbonyl (C=O) groups excluding carboxylic acids is 1. The summed E-state index contributed by atoms with van der Waals surface area (Å²) in [6.45, 7) is 0.0570. The second-order valence-electron chi connectivity index (χ2n) is 5.76. The highest BCUT2D eigenvalue weighted by Gasteiger charge is 2.29. The standard InChI is InChI=1S/C15H16BrN3O4S/c16-12-3-1-2-10(6-12)8-24(21,22)9-14(20)17-7-13-18-15(23-19-13)11-4-5-11/h1-3,6,11H,4-5,7-9H2,(H,17,20). The lowest BCUT2D eigenvalue weighted by atomic mass is 10.2. The largest absolute Gasteiger partial charge is 0.348 e. The zero-order valence-electron chi connectivity index (χ0n) is 12.7. The third-order valence-corrected chi connectivity index (χ3v) is 5.45. The Hall–Kier alpha value is -1.74. The zero-order chi connectivity index (χ0) is 17.2. The van der Waals surface area contributed by atoms with Gasteiger partial charge in [-0.2, -0.15) is 4.98 Å². The Labute approximate surface area is 147 Å². The van der Waals surface area contributed by atoms with Gasteiger partial charge in [0.15, 0.2) is 15.7 Å². The van der Waals surface area contributed by atoms with Crippen LogP contribution < -0.4 is 5.32 Å². The number of sulfone groups is 1. The van der Waals surface area contributed by atoms with E-state index in [1.807, 2.05) is 6.07 Å². The highest BCUT2D eigenvalue weighted by atomic mass is 79.9. The lowest BCUT2D eigenvalue weighted by Crippen LogP contribution is -2.30. The Morgan fingerprint density at radius 1 is 1.38 bits per heavy atom. The van der Waals surface area contributed by atoms with Gasteiger partial charge in [-0.1, -0.05) is 33.2 Å². The van der Waals surface area contributed by atoms with Crippen LogP contribution in [0.15, 0.2) is 33.3 Å². The fourth-order valence-corrected chi connectivity index (χ4v) is 3.93. The molecule has 3 rings (SSSR count). The molecule has 1 aliphatic carbocycles. The molecule has 0 unspecified atom stereocenters. The van der Waals surface area contributed by atoms with Crippen molar-refractivity contribution in [2.75, 3.05) is 5.75 Å². The topological polar surface area (TPSA) is 102 Å². The summed E-state index contributed by atoms with van der Waals surface area (Å²) in [5.41, 5.74) is 0.629. The Balaban J connectivity index is 1.51. The van der Waals surface area contributed by atoms with E-state index in [1.165, 1.54) is 0 Å². The predicted molar refractivity (Wildman–Crippen MR) is 89.8 cm³/mol. The molecule has 7 nitrogen and oxygen atoms in total. The minimum absolute atomic E-state index is 0.0570. The van der Waals surface area contributed by atoms with Crippen molar-refractivity contribution in [1.29, 1.82) is 0 Å². The van der Waals surface area contributed by atoms with Crippen LogP contribution in [-0.2, 0) is 26.9 Å². The molecule has 1 heterocycles. The van der Waals surface area contributed by atoms with Crippen LogP contribution in [0.3, 0.4) is 0 Å². The van der Waals surface area contributed by atoms with Crippen LogP contribution in [0.5, 0.6) is 0 Å². The Bertz CT molecular complexity index is 846. The van der Waals surface area contributed by atoms with E-state index in [-0.39, 0.29) is 12.3 Å². The molecule has 0 aliphatic heterocycles. The van der Waals surface area contributed by atoms with E-state index in [0.29, 0.717) is 23.2 Å². The number of amides is 1. The molecule has 0 radical (unpaired) electrons. The van der Waals surface area contributed by atoms with Gasteiger partial charge in [0.2, 0.25) is 11.8 Å². The number of benzene rings is 1. The molecular weight excluding hydrogens is 398 g/mol. The van der Waals surface area contributed by atoms with Gasteiger partial charge in [-0.05, 0) is 30.5 Å². The molecule has 0 spiro atoms. The van der Waals surface area contributed by atoms with Crippen LogP contribution in [0.4, 0.5) is 0 Å². The number of carbonyl (C=O) groups is 1. The molecule has 0 saturated heterocycles. The SMILES string of the molecule is O=C(CS(=O)(=O)Cc1cccc(Br)c1)NCc1noc(C2CC2)n1. The maximum Gasteiger partial charge on any atom is 0.235 e. The molecule has 1 aromatic carbocycles. The summed E-state index contributed by atoms with van der Waals surface area (Å²) in [6.07, 6.45) is 2.09. The van der Waals surface area contributed by atoms with Gasteiger partial charge in [0.25, 0.3) is 0 Å². The first-order valence-electron chi connectivity index (χ1n) is 7.45. The van der Waals surface area contributed by atoms with Crippen LogP contribution in [0.1, 0.15) is 36.0 Å². The van der Waals surface area contributed by atoms with Gasteiger partial charge < -0.3 is 9.84 Å². The molecule has 1 saturated carbocycles. The van der Waals surface area contributed by atoms with Gasteiger partial charge in [-0.15, -0.1) is 0 Å².